The van der Waals surface area contributed by atoms with Gasteiger partial charge < -0.3 is 10.4 Å². The Labute approximate surface area is 91.1 Å². The molecule has 0 aliphatic rings. The highest BCUT2D eigenvalue weighted by atomic mass is 32.1. The summed E-state index contributed by atoms with van der Waals surface area (Å²) in [6.07, 6.45) is 2.33. The smallest absolute Gasteiger partial charge is 0.303 e. The lowest BCUT2D eigenvalue weighted by molar-refractivity contribution is -0.137. The number of carboxylic acid groups (broad SMARTS) is 1. The second-order valence-electron chi connectivity index (χ2n) is 2.95. The minimum atomic E-state index is -0.872. The number of carboxylic acids is 1. The predicted molar refractivity (Wildman–Crippen MR) is 55.4 cm³/mol. The zero-order valence-electron chi connectivity index (χ0n) is 8.10. The van der Waals surface area contributed by atoms with E-state index in [2.05, 4.69) is 10.3 Å². The topological polar surface area (TPSA) is 79.3 Å². The Morgan fingerprint density at radius 1 is 1.47 bits per heavy atom. The van der Waals surface area contributed by atoms with E-state index < -0.39 is 5.97 Å². The van der Waals surface area contributed by atoms with Gasteiger partial charge in [0.2, 0.25) is 5.91 Å². The molecule has 0 saturated heterocycles. The van der Waals surface area contributed by atoms with Gasteiger partial charge in [-0.2, -0.15) is 0 Å². The zero-order valence-corrected chi connectivity index (χ0v) is 8.92. The predicted octanol–water partition coefficient (Wildman–Crippen LogP) is 1.01. The summed E-state index contributed by atoms with van der Waals surface area (Å²) >= 11 is 1.47. The van der Waals surface area contributed by atoms with Crippen LogP contribution in [0.3, 0.4) is 0 Å². The first kappa shape index (κ1) is 11.6. The van der Waals surface area contributed by atoms with Crippen LogP contribution in [-0.2, 0) is 16.1 Å². The van der Waals surface area contributed by atoms with Gasteiger partial charge in [-0.1, -0.05) is 0 Å². The number of carbonyl (C=O) groups is 2. The molecule has 1 rings (SSSR count). The highest BCUT2D eigenvalue weighted by molar-refractivity contribution is 7.09. The lowest BCUT2D eigenvalue weighted by Gasteiger charge is -2.01. The van der Waals surface area contributed by atoms with E-state index in [1.54, 1.807) is 6.20 Å². The van der Waals surface area contributed by atoms with Crippen LogP contribution in [0.4, 0.5) is 0 Å². The molecule has 5 nitrogen and oxygen atoms in total. The van der Waals surface area contributed by atoms with Crippen molar-refractivity contribution in [3.8, 4) is 0 Å². The Bertz CT molecular complexity index is 324. The number of rotatable bonds is 6. The molecule has 0 fully saturated rings. The van der Waals surface area contributed by atoms with Crippen molar-refractivity contribution in [1.82, 2.24) is 10.3 Å². The molecular formula is C9H12N2O3S. The average molecular weight is 228 g/mol. The van der Waals surface area contributed by atoms with E-state index in [1.807, 2.05) is 5.38 Å². The van der Waals surface area contributed by atoms with E-state index in [9.17, 15) is 9.59 Å². The van der Waals surface area contributed by atoms with Crippen LogP contribution in [-0.4, -0.2) is 22.0 Å². The van der Waals surface area contributed by atoms with Gasteiger partial charge in [0, 0.05) is 24.4 Å². The van der Waals surface area contributed by atoms with Crippen LogP contribution in [0.15, 0.2) is 11.6 Å². The third-order valence-electron chi connectivity index (χ3n) is 1.71. The van der Waals surface area contributed by atoms with Crippen LogP contribution in [0.1, 0.15) is 24.3 Å². The lowest BCUT2D eigenvalue weighted by atomic mass is 10.2. The van der Waals surface area contributed by atoms with Crippen LogP contribution in [0.2, 0.25) is 0 Å². The maximum Gasteiger partial charge on any atom is 0.303 e. The Morgan fingerprint density at radius 3 is 2.87 bits per heavy atom. The third-order valence-corrected chi connectivity index (χ3v) is 2.49. The molecule has 2 N–H and O–H groups in total. The molecule has 0 bridgehead atoms. The van der Waals surface area contributed by atoms with Crippen molar-refractivity contribution in [2.45, 2.75) is 25.8 Å². The minimum absolute atomic E-state index is 0.0324. The summed E-state index contributed by atoms with van der Waals surface area (Å²) in [5.41, 5.74) is 0. The van der Waals surface area contributed by atoms with Crippen molar-refractivity contribution < 1.29 is 14.7 Å². The van der Waals surface area contributed by atoms with E-state index in [-0.39, 0.29) is 18.7 Å². The number of hydrogen-bond donors (Lipinski definition) is 2. The fourth-order valence-electron chi connectivity index (χ4n) is 1.00. The fraction of sp³-hybridized carbons (Fsp3) is 0.444. The molecular weight excluding hydrogens is 216 g/mol. The van der Waals surface area contributed by atoms with Gasteiger partial charge >= 0.3 is 5.97 Å². The van der Waals surface area contributed by atoms with Crippen LogP contribution >= 0.6 is 11.3 Å². The number of thiazole rings is 1. The van der Waals surface area contributed by atoms with Gasteiger partial charge in [-0.3, -0.25) is 9.59 Å². The maximum absolute atomic E-state index is 11.2. The molecule has 15 heavy (non-hydrogen) atoms. The lowest BCUT2D eigenvalue weighted by Crippen LogP contribution is -2.22. The Kier molecular flexibility index (Phi) is 4.76. The fourth-order valence-corrected chi connectivity index (χ4v) is 1.56. The SMILES string of the molecule is O=C(O)CCCC(=O)NCc1nccs1. The molecule has 0 radical (unpaired) electrons. The van der Waals surface area contributed by atoms with Crippen molar-refractivity contribution in [3.05, 3.63) is 16.6 Å². The number of nitrogens with one attached hydrogen (secondary N) is 1. The summed E-state index contributed by atoms with van der Waals surface area (Å²) in [6.45, 7) is 0.420. The minimum Gasteiger partial charge on any atom is -0.481 e. The summed E-state index contributed by atoms with van der Waals surface area (Å²) in [4.78, 5) is 25.4. The molecule has 6 heteroatoms. The molecule has 0 aromatic carbocycles. The van der Waals surface area contributed by atoms with Crippen LogP contribution in [0, 0.1) is 0 Å². The Morgan fingerprint density at radius 2 is 2.27 bits per heavy atom. The van der Waals surface area contributed by atoms with Crippen molar-refractivity contribution in [2.75, 3.05) is 0 Å². The van der Waals surface area contributed by atoms with Gasteiger partial charge in [0.15, 0.2) is 0 Å². The number of nitrogens with zero attached hydrogens (tertiary/aromatic N) is 1. The number of aliphatic carboxylic acids is 1. The Hall–Kier alpha value is -1.43. The van der Waals surface area contributed by atoms with E-state index in [1.165, 1.54) is 11.3 Å². The molecule has 0 saturated carbocycles. The molecule has 0 aliphatic carbocycles. The maximum atomic E-state index is 11.2. The summed E-state index contributed by atoms with van der Waals surface area (Å²) in [5, 5.41) is 13.7. The van der Waals surface area contributed by atoms with E-state index in [4.69, 9.17) is 5.11 Å². The van der Waals surface area contributed by atoms with Crippen molar-refractivity contribution in [2.24, 2.45) is 0 Å². The van der Waals surface area contributed by atoms with Gasteiger partial charge in [0.25, 0.3) is 0 Å². The summed E-state index contributed by atoms with van der Waals surface area (Å²) in [7, 11) is 0. The molecule has 0 atom stereocenters. The van der Waals surface area contributed by atoms with Crippen molar-refractivity contribution in [3.63, 3.8) is 0 Å². The second-order valence-corrected chi connectivity index (χ2v) is 3.93. The molecule has 82 valence electrons. The number of amides is 1. The molecule has 0 spiro atoms. The average Bonchev–Trinajstić information content (AvgIpc) is 2.66. The summed E-state index contributed by atoms with van der Waals surface area (Å²) in [5.74, 6) is -1.01. The zero-order chi connectivity index (χ0) is 11.1. The van der Waals surface area contributed by atoms with Gasteiger partial charge in [-0.25, -0.2) is 4.98 Å². The molecule has 1 aromatic heterocycles. The number of aromatic nitrogens is 1. The van der Waals surface area contributed by atoms with Gasteiger partial charge in [0.1, 0.15) is 5.01 Å². The van der Waals surface area contributed by atoms with Crippen molar-refractivity contribution >= 4 is 23.2 Å². The van der Waals surface area contributed by atoms with E-state index in [0.29, 0.717) is 13.0 Å². The van der Waals surface area contributed by atoms with Gasteiger partial charge in [-0.05, 0) is 6.42 Å². The monoisotopic (exact) mass is 228 g/mol. The Balaban J connectivity index is 2.11. The summed E-state index contributed by atoms with van der Waals surface area (Å²) in [6, 6.07) is 0. The first-order chi connectivity index (χ1) is 7.18. The van der Waals surface area contributed by atoms with Crippen LogP contribution in [0.5, 0.6) is 0 Å². The molecule has 0 aliphatic heterocycles. The largest absolute Gasteiger partial charge is 0.481 e. The number of carbonyl (C=O) groups excluding carboxylic acids is 1. The highest BCUT2D eigenvalue weighted by Gasteiger charge is 2.04. The first-order valence-electron chi connectivity index (χ1n) is 4.55. The van der Waals surface area contributed by atoms with Crippen LogP contribution in [0.25, 0.3) is 0 Å². The third kappa shape index (κ3) is 5.11. The standard InChI is InChI=1S/C9H12N2O3S/c12-7(2-1-3-9(13)14)11-6-8-10-4-5-15-8/h4-5H,1-3,6H2,(H,11,12)(H,13,14). The summed E-state index contributed by atoms with van der Waals surface area (Å²) < 4.78 is 0. The number of hydrogen-bond acceptors (Lipinski definition) is 4. The molecule has 0 unspecified atom stereocenters. The quantitative estimate of drug-likeness (QED) is 0.761. The first-order valence-corrected chi connectivity index (χ1v) is 5.43. The van der Waals surface area contributed by atoms with E-state index >= 15 is 0 Å². The second kappa shape index (κ2) is 6.13. The normalized spacial score (nSPS) is 9.87. The molecule has 1 heterocycles. The highest BCUT2D eigenvalue weighted by Crippen LogP contribution is 2.03. The van der Waals surface area contributed by atoms with Crippen molar-refractivity contribution in [1.29, 1.82) is 0 Å². The molecule has 1 amide bonds. The van der Waals surface area contributed by atoms with Gasteiger partial charge in [0.05, 0.1) is 6.54 Å². The molecule has 1 aromatic rings. The van der Waals surface area contributed by atoms with E-state index in [0.717, 1.165) is 5.01 Å². The van der Waals surface area contributed by atoms with Gasteiger partial charge in [-0.15, -0.1) is 11.3 Å². The van der Waals surface area contributed by atoms with Crippen LogP contribution < -0.4 is 5.32 Å².